The van der Waals surface area contributed by atoms with Crippen molar-refractivity contribution >= 4 is 23.3 Å². The number of aliphatic hydroxyl groups is 1. The lowest BCUT2D eigenvalue weighted by molar-refractivity contribution is -0.137. The summed E-state index contributed by atoms with van der Waals surface area (Å²) in [6, 6.07) is 7.71. The standard InChI is InChI=1S/C23H28ClN5O2/c1-15-12-18(30)20-19(15)21(27-14-26-20)28-8-10-29(11-9-28)22(31)23(6-7-25-13-23)16-2-4-17(24)5-3-16/h2-5,14-15,18,25,30H,6-13H2,1H3/t15-,18-,23?/m1/s1. The quantitative estimate of drug-likeness (QED) is 0.760. The van der Waals surface area contributed by atoms with Gasteiger partial charge in [-0.2, -0.15) is 0 Å². The van der Waals surface area contributed by atoms with Gasteiger partial charge in [0, 0.05) is 43.3 Å². The Kier molecular flexibility index (Phi) is 5.36. The summed E-state index contributed by atoms with van der Waals surface area (Å²) in [6.45, 7) is 6.37. The van der Waals surface area contributed by atoms with Gasteiger partial charge in [-0.1, -0.05) is 30.7 Å². The molecule has 31 heavy (non-hydrogen) atoms. The topological polar surface area (TPSA) is 81.6 Å². The number of rotatable bonds is 3. The van der Waals surface area contributed by atoms with Crippen LogP contribution in [0.3, 0.4) is 0 Å². The smallest absolute Gasteiger partial charge is 0.234 e. The van der Waals surface area contributed by atoms with Crippen LogP contribution in [0.1, 0.15) is 48.6 Å². The number of aliphatic hydroxyl groups excluding tert-OH is 1. The summed E-state index contributed by atoms with van der Waals surface area (Å²) in [5.74, 6) is 1.34. The number of halogens is 1. The van der Waals surface area contributed by atoms with Gasteiger partial charge in [-0.15, -0.1) is 0 Å². The molecule has 2 fully saturated rings. The second-order valence-corrected chi connectivity index (χ2v) is 9.38. The van der Waals surface area contributed by atoms with Crippen LogP contribution in [-0.2, 0) is 10.2 Å². The lowest BCUT2D eigenvalue weighted by atomic mass is 9.78. The van der Waals surface area contributed by atoms with Crippen LogP contribution < -0.4 is 10.2 Å². The summed E-state index contributed by atoms with van der Waals surface area (Å²) in [7, 11) is 0. The van der Waals surface area contributed by atoms with Gasteiger partial charge in [-0.25, -0.2) is 9.97 Å². The highest BCUT2D eigenvalue weighted by Gasteiger charge is 2.45. The van der Waals surface area contributed by atoms with Crippen LogP contribution in [0, 0.1) is 0 Å². The van der Waals surface area contributed by atoms with E-state index < -0.39 is 11.5 Å². The van der Waals surface area contributed by atoms with Crippen molar-refractivity contribution in [2.75, 3.05) is 44.2 Å². The van der Waals surface area contributed by atoms with Gasteiger partial charge in [0.15, 0.2) is 0 Å². The van der Waals surface area contributed by atoms with Gasteiger partial charge >= 0.3 is 0 Å². The lowest BCUT2D eigenvalue weighted by Gasteiger charge is -2.40. The van der Waals surface area contributed by atoms with Crippen LogP contribution in [0.15, 0.2) is 30.6 Å². The van der Waals surface area contributed by atoms with E-state index in [4.69, 9.17) is 11.6 Å². The van der Waals surface area contributed by atoms with Crippen LogP contribution in [0.2, 0.25) is 5.02 Å². The molecule has 3 atom stereocenters. The summed E-state index contributed by atoms with van der Waals surface area (Å²) in [5.41, 5.74) is 2.33. The van der Waals surface area contributed by atoms with Gasteiger partial charge in [0.1, 0.15) is 12.1 Å². The highest BCUT2D eigenvalue weighted by atomic mass is 35.5. The van der Waals surface area contributed by atoms with Gasteiger partial charge in [0.2, 0.25) is 5.91 Å². The molecule has 8 heteroatoms. The molecule has 0 spiro atoms. The van der Waals surface area contributed by atoms with Crippen LogP contribution >= 0.6 is 11.6 Å². The third-order valence-corrected chi connectivity index (χ3v) is 7.36. The number of aromatic nitrogens is 2. The van der Waals surface area contributed by atoms with E-state index in [0.717, 1.165) is 48.7 Å². The molecule has 1 aromatic carbocycles. The zero-order chi connectivity index (χ0) is 21.6. The predicted molar refractivity (Wildman–Crippen MR) is 119 cm³/mol. The Morgan fingerprint density at radius 1 is 1.19 bits per heavy atom. The number of carbonyl (C=O) groups is 1. The maximum absolute atomic E-state index is 13.7. The Hall–Kier alpha value is -2.22. The molecule has 2 N–H and O–H groups in total. The van der Waals surface area contributed by atoms with Crippen molar-refractivity contribution in [2.24, 2.45) is 0 Å². The number of amides is 1. The van der Waals surface area contributed by atoms with Gasteiger partial charge in [-0.3, -0.25) is 4.79 Å². The molecule has 2 aliphatic heterocycles. The molecule has 1 aliphatic carbocycles. The van der Waals surface area contributed by atoms with Gasteiger partial charge < -0.3 is 20.2 Å². The summed E-state index contributed by atoms with van der Waals surface area (Å²) in [5, 5.41) is 14.4. The van der Waals surface area contributed by atoms with E-state index in [0.29, 0.717) is 31.1 Å². The zero-order valence-corrected chi connectivity index (χ0v) is 18.5. The molecule has 1 aromatic heterocycles. The minimum Gasteiger partial charge on any atom is -0.387 e. The zero-order valence-electron chi connectivity index (χ0n) is 17.7. The van der Waals surface area contributed by atoms with Crippen LogP contribution in [0.4, 0.5) is 5.82 Å². The van der Waals surface area contributed by atoms with E-state index in [1.807, 2.05) is 29.2 Å². The van der Waals surface area contributed by atoms with Gasteiger partial charge in [0.25, 0.3) is 0 Å². The molecule has 0 saturated carbocycles. The summed E-state index contributed by atoms with van der Waals surface area (Å²) in [6.07, 6.45) is 2.52. The number of anilines is 1. The molecule has 0 bridgehead atoms. The van der Waals surface area contributed by atoms with Crippen molar-refractivity contribution in [1.29, 1.82) is 0 Å². The Bertz CT molecular complexity index is 968. The average Bonchev–Trinajstić information content (AvgIpc) is 3.40. The van der Waals surface area contributed by atoms with E-state index in [9.17, 15) is 9.90 Å². The Labute approximate surface area is 187 Å². The first-order chi connectivity index (χ1) is 15.0. The molecule has 1 unspecified atom stereocenters. The fourth-order valence-corrected chi connectivity index (χ4v) is 5.52. The third kappa shape index (κ3) is 3.49. The normalized spacial score (nSPS) is 28.1. The Morgan fingerprint density at radius 3 is 2.61 bits per heavy atom. The second kappa shape index (κ2) is 8.04. The SMILES string of the molecule is C[C@@H]1C[C@@H](O)c2ncnc(N3CCN(C(=O)C4(c5ccc(Cl)cc5)CCNC4)CC3)c21. The fourth-order valence-electron chi connectivity index (χ4n) is 5.39. The molecular formula is C23H28ClN5O2. The van der Waals surface area contributed by atoms with Gasteiger partial charge in [0.05, 0.1) is 17.2 Å². The van der Waals surface area contributed by atoms with Crippen LogP contribution in [-0.4, -0.2) is 65.2 Å². The van der Waals surface area contributed by atoms with Crippen molar-refractivity contribution in [3.05, 3.63) is 52.4 Å². The monoisotopic (exact) mass is 441 g/mol. The Morgan fingerprint density at radius 2 is 1.94 bits per heavy atom. The first-order valence-electron chi connectivity index (χ1n) is 11.0. The first kappa shape index (κ1) is 20.7. The predicted octanol–water partition coefficient (Wildman–Crippen LogP) is 2.25. The molecule has 2 saturated heterocycles. The number of hydrogen-bond donors (Lipinski definition) is 2. The highest BCUT2D eigenvalue weighted by Crippen LogP contribution is 2.43. The highest BCUT2D eigenvalue weighted by molar-refractivity contribution is 6.30. The van der Waals surface area contributed by atoms with Crippen molar-refractivity contribution in [3.63, 3.8) is 0 Å². The molecule has 3 heterocycles. The molecule has 164 valence electrons. The van der Waals surface area contributed by atoms with Crippen molar-refractivity contribution in [2.45, 2.75) is 37.2 Å². The molecule has 1 amide bonds. The number of benzene rings is 1. The van der Waals surface area contributed by atoms with Gasteiger partial charge in [-0.05, 0) is 43.0 Å². The summed E-state index contributed by atoms with van der Waals surface area (Å²) >= 11 is 6.08. The number of nitrogens with zero attached hydrogens (tertiary/aromatic N) is 4. The molecular weight excluding hydrogens is 414 g/mol. The Balaban J connectivity index is 1.34. The number of carbonyl (C=O) groups excluding carboxylic acids is 1. The molecule has 0 radical (unpaired) electrons. The van der Waals surface area contributed by atoms with E-state index in [1.54, 1.807) is 6.33 Å². The van der Waals surface area contributed by atoms with Crippen molar-refractivity contribution < 1.29 is 9.90 Å². The van der Waals surface area contributed by atoms with E-state index in [1.165, 1.54) is 0 Å². The molecule has 5 rings (SSSR count). The van der Waals surface area contributed by atoms with Crippen LogP contribution in [0.25, 0.3) is 0 Å². The summed E-state index contributed by atoms with van der Waals surface area (Å²) in [4.78, 5) is 26.8. The maximum atomic E-state index is 13.7. The van der Waals surface area contributed by atoms with Crippen LogP contribution in [0.5, 0.6) is 0 Å². The number of fused-ring (bicyclic) bond motifs is 1. The van der Waals surface area contributed by atoms with E-state index >= 15 is 0 Å². The first-order valence-corrected chi connectivity index (χ1v) is 11.4. The number of piperazine rings is 1. The molecule has 2 aromatic rings. The minimum atomic E-state index is -0.526. The summed E-state index contributed by atoms with van der Waals surface area (Å²) < 4.78 is 0. The minimum absolute atomic E-state index is 0.191. The van der Waals surface area contributed by atoms with Crippen molar-refractivity contribution in [3.8, 4) is 0 Å². The number of nitrogens with one attached hydrogen (secondary N) is 1. The molecule has 3 aliphatic rings. The third-order valence-electron chi connectivity index (χ3n) is 7.11. The van der Waals surface area contributed by atoms with E-state index in [-0.39, 0.29) is 11.8 Å². The fraction of sp³-hybridized carbons (Fsp3) is 0.522. The maximum Gasteiger partial charge on any atom is 0.234 e. The van der Waals surface area contributed by atoms with E-state index in [2.05, 4.69) is 27.1 Å². The molecule has 7 nitrogen and oxygen atoms in total. The number of hydrogen-bond acceptors (Lipinski definition) is 6. The second-order valence-electron chi connectivity index (χ2n) is 8.94. The van der Waals surface area contributed by atoms with Crippen molar-refractivity contribution in [1.82, 2.24) is 20.2 Å². The lowest BCUT2D eigenvalue weighted by Crippen LogP contribution is -2.55. The average molecular weight is 442 g/mol. The largest absolute Gasteiger partial charge is 0.387 e.